The highest BCUT2D eigenvalue weighted by molar-refractivity contribution is 5.84. The summed E-state index contributed by atoms with van der Waals surface area (Å²) in [6.45, 7) is 1.40. The molecule has 1 aromatic heterocycles. The minimum absolute atomic E-state index is 0.194. The molecule has 20 heavy (non-hydrogen) atoms. The van der Waals surface area contributed by atoms with Gasteiger partial charge in [0.2, 0.25) is 0 Å². The number of hydrogen-bond acceptors (Lipinski definition) is 2. The number of rotatable bonds is 4. The third-order valence-electron chi connectivity index (χ3n) is 3.30. The van der Waals surface area contributed by atoms with Crippen molar-refractivity contribution in [3.8, 4) is 0 Å². The summed E-state index contributed by atoms with van der Waals surface area (Å²) in [6, 6.07) is 14.9. The highest BCUT2D eigenvalue weighted by Gasteiger charge is 2.01. The van der Waals surface area contributed by atoms with Crippen molar-refractivity contribution in [2.45, 2.75) is 13.1 Å². The van der Waals surface area contributed by atoms with E-state index in [4.69, 9.17) is 0 Å². The van der Waals surface area contributed by atoms with Gasteiger partial charge in [-0.1, -0.05) is 30.3 Å². The van der Waals surface area contributed by atoms with E-state index in [1.54, 1.807) is 18.3 Å². The Balaban J connectivity index is 1.71. The maximum absolute atomic E-state index is 13.1. The first kappa shape index (κ1) is 12.8. The minimum atomic E-state index is -0.194. The molecule has 0 aliphatic carbocycles. The summed E-state index contributed by atoms with van der Waals surface area (Å²) < 4.78 is 13.1. The molecule has 0 fully saturated rings. The van der Waals surface area contributed by atoms with Crippen LogP contribution in [0.5, 0.6) is 0 Å². The molecule has 1 heterocycles. The van der Waals surface area contributed by atoms with Gasteiger partial charge in [0.15, 0.2) is 0 Å². The number of benzene rings is 2. The average molecular weight is 266 g/mol. The predicted molar refractivity (Wildman–Crippen MR) is 78.7 cm³/mol. The van der Waals surface area contributed by atoms with Crippen molar-refractivity contribution < 1.29 is 4.39 Å². The lowest BCUT2D eigenvalue weighted by atomic mass is 10.1. The summed E-state index contributed by atoms with van der Waals surface area (Å²) in [6.07, 6.45) is 3.67. The lowest BCUT2D eigenvalue weighted by Crippen LogP contribution is -2.13. The smallest absolute Gasteiger partial charge is 0.123 e. The van der Waals surface area contributed by atoms with E-state index in [1.807, 2.05) is 24.4 Å². The molecule has 0 aliphatic heterocycles. The van der Waals surface area contributed by atoms with Crippen LogP contribution in [-0.2, 0) is 13.1 Å². The van der Waals surface area contributed by atoms with Crippen LogP contribution >= 0.6 is 0 Å². The van der Waals surface area contributed by atoms with Crippen molar-refractivity contribution in [3.05, 3.63) is 77.9 Å². The summed E-state index contributed by atoms with van der Waals surface area (Å²) in [5, 5.41) is 5.69. The number of halogens is 1. The van der Waals surface area contributed by atoms with Gasteiger partial charge in [0.1, 0.15) is 5.82 Å². The van der Waals surface area contributed by atoms with Gasteiger partial charge in [-0.2, -0.15) is 0 Å². The molecule has 0 aliphatic rings. The van der Waals surface area contributed by atoms with Crippen molar-refractivity contribution in [1.29, 1.82) is 0 Å². The van der Waals surface area contributed by atoms with Gasteiger partial charge in [0.05, 0.1) is 0 Å². The zero-order valence-electron chi connectivity index (χ0n) is 11.0. The van der Waals surface area contributed by atoms with E-state index in [-0.39, 0.29) is 5.82 Å². The Morgan fingerprint density at radius 3 is 2.80 bits per heavy atom. The second-order valence-electron chi connectivity index (χ2n) is 4.75. The summed E-state index contributed by atoms with van der Waals surface area (Å²) in [4.78, 5) is 4.13. The number of hydrogen-bond donors (Lipinski definition) is 1. The van der Waals surface area contributed by atoms with E-state index < -0.39 is 0 Å². The highest BCUT2D eigenvalue weighted by atomic mass is 19.1. The van der Waals surface area contributed by atoms with Crippen LogP contribution in [-0.4, -0.2) is 4.98 Å². The van der Waals surface area contributed by atoms with Crippen LogP contribution in [0.4, 0.5) is 4.39 Å². The Bertz CT molecular complexity index is 720. The first-order chi connectivity index (χ1) is 9.83. The Labute approximate surface area is 117 Å². The SMILES string of the molecule is Fc1cccc(CNCc2cccc3cnccc23)c1. The number of pyridine rings is 1. The van der Waals surface area contributed by atoms with E-state index in [0.717, 1.165) is 17.5 Å². The average Bonchev–Trinajstić information content (AvgIpc) is 2.48. The van der Waals surface area contributed by atoms with Crippen LogP contribution in [0.15, 0.2) is 60.9 Å². The molecule has 0 bridgehead atoms. The van der Waals surface area contributed by atoms with Crippen molar-refractivity contribution in [2.75, 3.05) is 0 Å². The van der Waals surface area contributed by atoms with Crippen LogP contribution in [0.25, 0.3) is 10.8 Å². The number of aromatic nitrogens is 1. The minimum Gasteiger partial charge on any atom is -0.309 e. The van der Waals surface area contributed by atoms with E-state index in [2.05, 4.69) is 22.4 Å². The molecular weight excluding hydrogens is 251 g/mol. The first-order valence-electron chi connectivity index (χ1n) is 6.60. The van der Waals surface area contributed by atoms with Crippen LogP contribution in [0, 0.1) is 5.82 Å². The predicted octanol–water partition coefficient (Wildman–Crippen LogP) is 3.66. The third kappa shape index (κ3) is 2.83. The van der Waals surface area contributed by atoms with Gasteiger partial charge in [0.25, 0.3) is 0 Å². The Morgan fingerprint density at radius 1 is 1.00 bits per heavy atom. The molecule has 3 heteroatoms. The maximum atomic E-state index is 13.1. The first-order valence-corrected chi connectivity index (χ1v) is 6.60. The van der Waals surface area contributed by atoms with Gasteiger partial charge in [-0.25, -0.2) is 4.39 Å². The summed E-state index contributed by atoms with van der Waals surface area (Å²) in [5.41, 5.74) is 2.17. The monoisotopic (exact) mass is 266 g/mol. The molecule has 0 saturated carbocycles. The molecule has 0 radical (unpaired) electrons. The molecule has 0 spiro atoms. The van der Waals surface area contributed by atoms with E-state index >= 15 is 0 Å². The quantitative estimate of drug-likeness (QED) is 0.779. The Kier molecular flexibility index (Phi) is 3.70. The van der Waals surface area contributed by atoms with Crippen molar-refractivity contribution in [2.24, 2.45) is 0 Å². The second-order valence-corrected chi connectivity index (χ2v) is 4.75. The van der Waals surface area contributed by atoms with E-state index in [9.17, 15) is 4.39 Å². The van der Waals surface area contributed by atoms with Crippen LogP contribution in [0.2, 0.25) is 0 Å². The van der Waals surface area contributed by atoms with Gasteiger partial charge in [-0.15, -0.1) is 0 Å². The van der Waals surface area contributed by atoms with E-state index in [0.29, 0.717) is 6.54 Å². The fourth-order valence-electron chi connectivity index (χ4n) is 2.33. The second kappa shape index (κ2) is 5.80. The van der Waals surface area contributed by atoms with Crippen LogP contribution in [0.3, 0.4) is 0 Å². The normalized spacial score (nSPS) is 10.8. The molecule has 2 nitrogen and oxygen atoms in total. The molecule has 0 amide bonds. The molecular formula is C17H15FN2. The fourth-order valence-corrected chi connectivity index (χ4v) is 2.33. The summed E-state index contributed by atoms with van der Waals surface area (Å²) in [5.74, 6) is -0.194. The van der Waals surface area contributed by atoms with Gasteiger partial charge >= 0.3 is 0 Å². The number of nitrogens with zero attached hydrogens (tertiary/aromatic N) is 1. The standard InChI is InChI=1S/C17H15FN2/c18-16-6-1-3-13(9-16)10-20-12-15-5-2-4-14-11-19-8-7-17(14)15/h1-9,11,20H,10,12H2. The highest BCUT2D eigenvalue weighted by Crippen LogP contribution is 2.17. The topological polar surface area (TPSA) is 24.9 Å². The molecule has 0 saturated heterocycles. The largest absolute Gasteiger partial charge is 0.309 e. The lowest BCUT2D eigenvalue weighted by Gasteiger charge is -2.08. The van der Waals surface area contributed by atoms with E-state index in [1.165, 1.54) is 17.0 Å². The zero-order valence-corrected chi connectivity index (χ0v) is 11.0. The Hall–Kier alpha value is -2.26. The molecule has 100 valence electrons. The van der Waals surface area contributed by atoms with Gasteiger partial charge < -0.3 is 5.32 Å². The van der Waals surface area contributed by atoms with Crippen molar-refractivity contribution in [3.63, 3.8) is 0 Å². The fraction of sp³-hybridized carbons (Fsp3) is 0.118. The van der Waals surface area contributed by atoms with Crippen molar-refractivity contribution >= 4 is 10.8 Å². The lowest BCUT2D eigenvalue weighted by molar-refractivity contribution is 0.620. The summed E-state index contributed by atoms with van der Waals surface area (Å²) in [7, 11) is 0. The molecule has 0 unspecified atom stereocenters. The summed E-state index contributed by atoms with van der Waals surface area (Å²) >= 11 is 0. The maximum Gasteiger partial charge on any atom is 0.123 e. The number of nitrogens with one attached hydrogen (secondary N) is 1. The third-order valence-corrected chi connectivity index (χ3v) is 3.30. The molecule has 2 aromatic carbocycles. The molecule has 3 rings (SSSR count). The Morgan fingerprint density at radius 2 is 1.90 bits per heavy atom. The van der Waals surface area contributed by atoms with Crippen LogP contribution in [0.1, 0.15) is 11.1 Å². The zero-order chi connectivity index (χ0) is 13.8. The van der Waals surface area contributed by atoms with Gasteiger partial charge in [-0.05, 0) is 34.7 Å². The van der Waals surface area contributed by atoms with Gasteiger partial charge in [-0.3, -0.25) is 4.98 Å². The van der Waals surface area contributed by atoms with Crippen LogP contribution < -0.4 is 5.32 Å². The number of fused-ring (bicyclic) bond motifs is 1. The molecule has 1 N–H and O–H groups in total. The van der Waals surface area contributed by atoms with Gasteiger partial charge in [0, 0.05) is 30.9 Å². The molecule has 0 atom stereocenters. The van der Waals surface area contributed by atoms with Crippen molar-refractivity contribution in [1.82, 2.24) is 10.3 Å². The molecule has 3 aromatic rings.